The molecule has 180 valence electrons. The lowest BCUT2D eigenvalue weighted by Crippen LogP contribution is -2.32. The molecule has 0 saturated carbocycles. The molecule has 0 fully saturated rings. The van der Waals surface area contributed by atoms with E-state index < -0.39 is 27.9 Å². The van der Waals surface area contributed by atoms with Crippen LogP contribution < -0.4 is 24.2 Å². The fraction of sp³-hybridized carbons (Fsp3) is 0.208. The van der Waals surface area contributed by atoms with E-state index in [4.69, 9.17) is 14.2 Å². The number of carbonyl (C=O) groups is 1. The van der Waals surface area contributed by atoms with Crippen LogP contribution in [0, 0.1) is 5.82 Å². The molecule has 8 nitrogen and oxygen atoms in total. The number of halogens is 1. The van der Waals surface area contributed by atoms with E-state index in [-0.39, 0.29) is 10.6 Å². The van der Waals surface area contributed by atoms with Crippen molar-refractivity contribution < 1.29 is 31.8 Å². The third kappa shape index (κ3) is 6.16. The minimum absolute atomic E-state index is 0.00188. The van der Waals surface area contributed by atoms with E-state index in [1.807, 2.05) is 0 Å². The van der Waals surface area contributed by atoms with Crippen LogP contribution >= 0.6 is 0 Å². The number of hydrogen-bond acceptors (Lipinski definition) is 6. The predicted octanol–water partition coefficient (Wildman–Crippen LogP) is 4.44. The highest BCUT2D eigenvalue weighted by atomic mass is 32.2. The van der Waals surface area contributed by atoms with Crippen LogP contribution in [0.4, 0.5) is 15.8 Å². The van der Waals surface area contributed by atoms with Crippen LogP contribution in [-0.2, 0) is 14.8 Å². The maximum Gasteiger partial charge on any atom is 0.265 e. The summed E-state index contributed by atoms with van der Waals surface area (Å²) in [6.07, 6.45) is -0.429. The second kappa shape index (κ2) is 10.9. The van der Waals surface area contributed by atoms with Gasteiger partial charge in [-0.05, 0) is 67.1 Å². The van der Waals surface area contributed by atoms with Gasteiger partial charge >= 0.3 is 0 Å². The summed E-state index contributed by atoms with van der Waals surface area (Å²) in [5.74, 6) is 0.375. The maximum absolute atomic E-state index is 13.1. The Morgan fingerprint density at radius 2 is 1.59 bits per heavy atom. The van der Waals surface area contributed by atoms with Gasteiger partial charge in [0.25, 0.3) is 15.9 Å². The Labute approximate surface area is 197 Å². The largest absolute Gasteiger partial charge is 0.497 e. The van der Waals surface area contributed by atoms with Crippen molar-refractivity contribution in [3.63, 3.8) is 0 Å². The van der Waals surface area contributed by atoms with Crippen molar-refractivity contribution in [2.75, 3.05) is 24.3 Å². The van der Waals surface area contributed by atoms with Crippen LogP contribution in [-0.4, -0.2) is 34.6 Å². The summed E-state index contributed by atoms with van der Waals surface area (Å²) in [6.45, 7) is 1.78. The Morgan fingerprint density at radius 1 is 0.941 bits per heavy atom. The molecule has 3 aromatic carbocycles. The molecule has 0 spiro atoms. The number of carbonyl (C=O) groups excluding carboxylic acids is 1. The normalized spacial score (nSPS) is 11.9. The molecule has 0 bridgehead atoms. The number of rotatable bonds is 10. The monoisotopic (exact) mass is 488 g/mol. The number of amides is 1. The standard InChI is InChI=1S/C24H25FN2O6S/c1-4-22(33-18-9-5-16(25)6-10-18)24(28)26-17-7-12-20(13-8-17)34(29,30)27-21-14-11-19(31-2)15-23(21)32-3/h5-15,22,27H,4H2,1-3H3,(H,26,28)/t22-/m0/s1. The molecule has 0 aromatic heterocycles. The van der Waals surface area contributed by atoms with Crippen molar-refractivity contribution in [2.45, 2.75) is 24.3 Å². The third-order valence-electron chi connectivity index (χ3n) is 4.84. The van der Waals surface area contributed by atoms with Gasteiger partial charge < -0.3 is 19.5 Å². The van der Waals surface area contributed by atoms with Gasteiger partial charge in [0.15, 0.2) is 6.10 Å². The second-order valence-electron chi connectivity index (χ2n) is 7.15. The molecule has 3 aromatic rings. The van der Waals surface area contributed by atoms with Gasteiger partial charge in [-0.15, -0.1) is 0 Å². The van der Waals surface area contributed by atoms with Crippen molar-refractivity contribution in [3.05, 3.63) is 72.5 Å². The average Bonchev–Trinajstić information content (AvgIpc) is 2.84. The van der Waals surface area contributed by atoms with E-state index in [0.717, 1.165) is 0 Å². The molecule has 0 radical (unpaired) electrons. The molecule has 1 amide bonds. The van der Waals surface area contributed by atoms with Gasteiger partial charge in [0, 0.05) is 11.8 Å². The molecule has 3 rings (SSSR count). The Morgan fingerprint density at radius 3 is 2.18 bits per heavy atom. The minimum atomic E-state index is -3.91. The van der Waals surface area contributed by atoms with Crippen molar-refractivity contribution in [1.29, 1.82) is 0 Å². The minimum Gasteiger partial charge on any atom is -0.497 e. The van der Waals surface area contributed by atoms with Gasteiger partial charge in [0.2, 0.25) is 0 Å². The zero-order chi connectivity index (χ0) is 24.7. The molecule has 10 heteroatoms. The summed E-state index contributed by atoms with van der Waals surface area (Å²) in [5, 5.41) is 2.70. The summed E-state index contributed by atoms with van der Waals surface area (Å²) in [7, 11) is -0.994. The average molecular weight is 489 g/mol. The fourth-order valence-electron chi connectivity index (χ4n) is 3.03. The SMILES string of the molecule is CC[C@H](Oc1ccc(F)cc1)C(=O)Nc1ccc(S(=O)(=O)Nc2ccc(OC)cc2OC)cc1. The zero-order valence-corrected chi connectivity index (χ0v) is 19.7. The summed E-state index contributed by atoms with van der Waals surface area (Å²) < 4.78 is 57.1. The first-order chi connectivity index (χ1) is 16.2. The zero-order valence-electron chi connectivity index (χ0n) is 18.9. The van der Waals surface area contributed by atoms with Gasteiger partial charge in [-0.1, -0.05) is 6.92 Å². The van der Waals surface area contributed by atoms with Crippen LogP contribution in [0.15, 0.2) is 71.6 Å². The molecular weight excluding hydrogens is 463 g/mol. The van der Waals surface area contributed by atoms with E-state index in [2.05, 4.69) is 10.0 Å². The van der Waals surface area contributed by atoms with Gasteiger partial charge in [0.1, 0.15) is 23.1 Å². The first-order valence-corrected chi connectivity index (χ1v) is 11.8. The maximum atomic E-state index is 13.1. The number of ether oxygens (including phenoxy) is 3. The van der Waals surface area contributed by atoms with Crippen LogP contribution in [0.3, 0.4) is 0 Å². The van der Waals surface area contributed by atoms with Gasteiger partial charge in [-0.25, -0.2) is 12.8 Å². The topological polar surface area (TPSA) is 103 Å². The van der Waals surface area contributed by atoms with Gasteiger partial charge in [-0.2, -0.15) is 0 Å². The lowest BCUT2D eigenvalue weighted by atomic mass is 10.2. The lowest BCUT2D eigenvalue weighted by molar-refractivity contribution is -0.122. The number of nitrogens with one attached hydrogen (secondary N) is 2. The molecule has 0 unspecified atom stereocenters. The van der Waals surface area contributed by atoms with Crippen molar-refractivity contribution in [2.24, 2.45) is 0 Å². The van der Waals surface area contributed by atoms with Crippen LogP contribution in [0.25, 0.3) is 0 Å². The molecule has 2 N–H and O–H groups in total. The van der Waals surface area contributed by atoms with Crippen LogP contribution in [0.2, 0.25) is 0 Å². The molecule has 0 heterocycles. The van der Waals surface area contributed by atoms with Gasteiger partial charge in [0.05, 0.1) is 24.8 Å². The van der Waals surface area contributed by atoms with Crippen LogP contribution in [0.5, 0.6) is 17.2 Å². The number of hydrogen-bond donors (Lipinski definition) is 2. The fourth-order valence-corrected chi connectivity index (χ4v) is 4.10. The van der Waals surface area contributed by atoms with E-state index in [0.29, 0.717) is 29.4 Å². The molecule has 0 saturated heterocycles. The molecule has 1 atom stereocenters. The first-order valence-electron chi connectivity index (χ1n) is 10.3. The smallest absolute Gasteiger partial charge is 0.265 e. The van der Waals surface area contributed by atoms with Crippen LogP contribution in [0.1, 0.15) is 13.3 Å². The third-order valence-corrected chi connectivity index (χ3v) is 6.22. The molecule has 0 aliphatic heterocycles. The molecule has 34 heavy (non-hydrogen) atoms. The summed E-state index contributed by atoms with van der Waals surface area (Å²) in [5.41, 5.74) is 0.650. The van der Waals surface area contributed by atoms with Crippen molar-refractivity contribution in [3.8, 4) is 17.2 Å². The molecule has 0 aliphatic rings. The van der Waals surface area contributed by atoms with Gasteiger partial charge in [-0.3, -0.25) is 9.52 Å². The highest BCUT2D eigenvalue weighted by Gasteiger charge is 2.20. The summed E-state index contributed by atoms with van der Waals surface area (Å²) in [6, 6.07) is 15.8. The summed E-state index contributed by atoms with van der Waals surface area (Å²) in [4.78, 5) is 12.6. The van der Waals surface area contributed by atoms with E-state index >= 15 is 0 Å². The van der Waals surface area contributed by atoms with E-state index in [9.17, 15) is 17.6 Å². The number of anilines is 2. The lowest BCUT2D eigenvalue weighted by Gasteiger charge is -2.17. The number of methoxy groups -OCH3 is 2. The first kappa shape index (κ1) is 24.8. The number of sulfonamides is 1. The van der Waals surface area contributed by atoms with Crippen molar-refractivity contribution >= 4 is 27.3 Å². The molecule has 0 aliphatic carbocycles. The quantitative estimate of drug-likeness (QED) is 0.437. The summed E-state index contributed by atoms with van der Waals surface area (Å²) >= 11 is 0. The van der Waals surface area contributed by atoms with E-state index in [1.165, 1.54) is 68.8 Å². The molecular formula is C24H25FN2O6S. The highest BCUT2D eigenvalue weighted by molar-refractivity contribution is 7.92. The Hall–Kier alpha value is -3.79. The van der Waals surface area contributed by atoms with Crippen molar-refractivity contribution in [1.82, 2.24) is 0 Å². The Balaban J connectivity index is 1.68. The Kier molecular flexibility index (Phi) is 7.95. The highest BCUT2D eigenvalue weighted by Crippen LogP contribution is 2.31. The number of benzene rings is 3. The van der Waals surface area contributed by atoms with E-state index in [1.54, 1.807) is 19.1 Å². The second-order valence-corrected chi connectivity index (χ2v) is 8.84. The predicted molar refractivity (Wildman–Crippen MR) is 127 cm³/mol. The Bertz CT molecular complexity index is 1230.